The molecule has 1 heterocycles. The number of rotatable bonds is 6. The molecule has 0 amide bonds. The van der Waals surface area contributed by atoms with Crippen molar-refractivity contribution in [3.8, 4) is 5.75 Å². The third-order valence-electron chi connectivity index (χ3n) is 3.34. The highest BCUT2D eigenvalue weighted by Gasteiger charge is 2.05. The van der Waals surface area contributed by atoms with E-state index in [9.17, 15) is 0 Å². The predicted molar refractivity (Wildman–Crippen MR) is 76.3 cm³/mol. The number of benzene rings is 1. The minimum Gasteiger partial charge on any atom is -0.497 e. The molecule has 1 aromatic carbocycles. The molecule has 1 N–H and O–H groups in total. The van der Waals surface area contributed by atoms with E-state index in [1.165, 1.54) is 5.56 Å². The summed E-state index contributed by atoms with van der Waals surface area (Å²) >= 11 is 0. The molecule has 1 atom stereocenters. The van der Waals surface area contributed by atoms with Crippen LogP contribution in [0.3, 0.4) is 0 Å². The van der Waals surface area contributed by atoms with Crippen molar-refractivity contribution in [3.05, 3.63) is 48.0 Å². The van der Waals surface area contributed by atoms with Crippen LogP contribution in [0.1, 0.15) is 24.4 Å². The molecule has 0 saturated heterocycles. The third-order valence-corrected chi connectivity index (χ3v) is 3.34. The fourth-order valence-electron chi connectivity index (χ4n) is 2.05. The topological polar surface area (TPSA) is 39.1 Å². The van der Waals surface area contributed by atoms with Crippen LogP contribution in [0.15, 0.2) is 36.7 Å². The van der Waals surface area contributed by atoms with Crippen LogP contribution < -0.4 is 10.1 Å². The van der Waals surface area contributed by atoms with Gasteiger partial charge in [-0.2, -0.15) is 0 Å². The smallest absolute Gasteiger partial charge is 0.118 e. The van der Waals surface area contributed by atoms with Crippen molar-refractivity contribution in [1.29, 1.82) is 0 Å². The van der Waals surface area contributed by atoms with E-state index < -0.39 is 0 Å². The maximum atomic E-state index is 5.16. The summed E-state index contributed by atoms with van der Waals surface area (Å²) in [6, 6.07) is 8.50. The molecule has 4 nitrogen and oxygen atoms in total. The van der Waals surface area contributed by atoms with Crippen molar-refractivity contribution in [2.24, 2.45) is 7.05 Å². The molecular weight excluding hydrogens is 238 g/mol. The van der Waals surface area contributed by atoms with Gasteiger partial charge in [0.15, 0.2) is 0 Å². The molecule has 0 bridgehead atoms. The Morgan fingerprint density at radius 1 is 1.32 bits per heavy atom. The summed E-state index contributed by atoms with van der Waals surface area (Å²) < 4.78 is 7.22. The molecule has 0 aliphatic carbocycles. The lowest BCUT2D eigenvalue weighted by Gasteiger charge is -2.14. The van der Waals surface area contributed by atoms with E-state index in [0.717, 1.165) is 24.5 Å². The van der Waals surface area contributed by atoms with Gasteiger partial charge in [-0.05, 0) is 24.6 Å². The number of nitrogens with zero attached hydrogens (tertiary/aromatic N) is 2. The molecule has 1 unspecified atom stereocenters. The van der Waals surface area contributed by atoms with E-state index in [1.807, 2.05) is 31.6 Å². The summed E-state index contributed by atoms with van der Waals surface area (Å²) in [4.78, 5) is 4.31. The highest BCUT2D eigenvalue weighted by atomic mass is 16.5. The Morgan fingerprint density at radius 2 is 2.05 bits per heavy atom. The van der Waals surface area contributed by atoms with Crippen molar-refractivity contribution >= 4 is 0 Å². The number of methoxy groups -OCH3 is 1. The molecule has 0 spiro atoms. The first-order valence-electron chi connectivity index (χ1n) is 6.54. The lowest BCUT2D eigenvalue weighted by Crippen LogP contribution is -2.22. The fraction of sp³-hybridized carbons (Fsp3) is 0.400. The molecule has 2 aromatic rings. The van der Waals surface area contributed by atoms with Crippen molar-refractivity contribution in [3.63, 3.8) is 0 Å². The van der Waals surface area contributed by atoms with Gasteiger partial charge in [0.05, 0.1) is 7.11 Å². The second kappa shape index (κ2) is 6.38. The zero-order valence-electron chi connectivity index (χ0n) is 11.8. The van der Waals surface area contributed by atoms with E-state index in [2.05, 4.69) is 33.9 Å². The first-order chi connectivity index (χ1) is 9.20. The summed E-state index contributed by atoms with van der Waals surface area (Å²) in [7, 11) is 3.71. The zero-order valence-corrected chi connectivity index (χ0v) is 11.8. The molecule has 0 fully saturated rings. The zero-order chi connectivity index (χ0) is 13.7. The highest BCUT2D eigenvalue weighted by molar-refractivity contribution is 5.28. The van der Waals surface area contributed by atoms with Gasteiger partial charge in [0.25, 0.3) is 0 Å². The standard InChI is InChI=1S/C15H21N3O/c1-12(13-4-6-14(19-3)7-5-13)16-9-8-15-17-10-11-18(15)2/h4-7,10-12,16H,8-9H2,1-3H3. The minimum atomic E-state index is 0.325. The third kappa shape index (κ3) is 3.58. The lowest BCUT2D eigenvalue weighted by molar-refractivity contribution is 0.414. The number of nitrogens with one attached hydrogen (secondary N) is 1. The quantitative estimate of drug-likeness (QED) is 0.865. The molecule has 0 saturated carbocycles. The van der Waals surface area contributed by atoms with Gasteiger partial charge in [0.1, 0.15) is 11.6 Å². The van der Waals surface area contributed by atoms with Gasteiger partial charge >= 0.3 is 0 Å². The number of imidazole rings is 1. The summed E-state index contributed by atoms with van der Waals surface area (Å²) in [5, 5.41) is 3.51. The molecule has 4 heteroatoms. The Bertz CT molecular complexity index is 504. The molecule has 0 aliphatic rings. The van der Waals surface area contributed by atoms with Gasteiger partial charge in [-0.1, -0.05) is 12.1 Å². The second-order valence-corrected chi connectivity index (χ2v) is 4.65. The van der Waals surface area contributed by atoms with Crippen molar-refractivity contribution in [2.75, 3.05) is 13.7 Å². The van der Waals surface area contributed by atoms with Gasteiger partial charge in [-0.3, -0.25) is 0 Å². The maximum Gasteiger partial charge on any atom is 0.118 e. The lowest BCUT2D eigenvalue weighted by atomic mass is 10.1. The molecule has 2 rings (SSSR count). The SMILES string of the molecule is COc1ccc(C(C)NCCc2nccn2C)cc1. The van der Waals surface area contributed by atoms with Crippen molar-refractivity contribution in [1.82, 2.24) is 14.9 Å². The van der Waals surface area contributed by atoms with Crippen LogP contribution in [0.5, 0.6) is 5.75 Å². The molecule has 102 valence electrons. The average Bonchev–Trinajstić information content (AvgIpc) is 2.84. The van der Waals surface area contributed by atoms with Crippen LogP contribution in [-0.2, 0) is 13.5 Å². The van der Waals surface area contributed by atoms with E-state index in [-0.39, 0.29) is 0 Å². The fourth-order valence-corrected chi connectivity index (χ4v) is 2.05. The minimum absolute atomic E-state index is 0.325. The second-order valence-electron chi connectivity index (χ2n) is 4.65. The normalized spacial score (nSPS) is 12.4. The largest absolute Gasteiger partial charge is 0.497 e. The Labute approximate surface area is 114 Å². The summed E-state index contributed by atoms with van der Waals surface area (Å²) in [6.45, 7) is 3.08. The van der Waals surface area contributed by atoms with Gasteiger partial charge < -0.3 is 14.6 Å². The van der Waals surface area contributed by atoms with Crippen molar-refractivity contribution < 1.29 is 4.74 Å². The predicted octanol–water partition coefficient (Wildman–Crippen LogP) is 2.32. The summed E-state index contributed by atoms with van der Waals surface area (Å²) in [6.07, 6.45) is 4.74. The molecule has 1 aromatic heterocycles. The first kappa shape index (κ1) is 13.6. The Morgan fingerprint density at radius 3 is 2.63 bits per heavy atom. The van der Waals surface area contributed by atoms with E-state index in [1.54, 1.807) is 7.11 Å². The van der Waals surface area contributed by atoms with Crippen LogP contribution in [0.2, 0.25) is 0 Å². The van der Waals surface area contributed by atoms with E-state index >= 15 is 0 Å². The molecule has 19 heavy (non-hydrogen) atoms. The van der Waals surface area contributed by atoms with E-state index in [4.69, 9.17) is 4.74 Å². The molecule has 0 radical (unpaired) electrons. The monoisotopic (exact) mass is 259 g/mol. The Kier molecular flexibility index (Phi) is 4.58. The van der Waals surface area contributed by atoms with Crippen LogP contribution in [0, 0.1) is 0 Å². The van der Waals surface area contributed by atoms with E-state index in [0.29, 0.717) is 6.04 Å². The molecular formula is C15H21N3O. The number of ether oxygens (including phenoxy) is 1. The summed E-state index contributed by atoms with van der Waals surface area (Å²) in [5.74, 6) is 2.00. The number of hydrogen-bond donors (Lipinski definition) is 1. The van der Waals surface area contributed by atoms with Crippen LogP contribution >= 0.6 is 0 Å². The Hall–Kier alpha value is -1.81. The molecule has 0 aliphatic heterocycles. The number of hydrogen-bond acceptors (Lipinski definition) is 3. The van der Waals surface area contributed by atoms with Crippen LogP contribution in [0.4, 0.5) is 0 Å². The summed E-state index contributed by atoms with van der Waals surface area (Å²) in [5.41, 5.74) is 1.26. The van der Waals surface area contributed by atoms with Gasteiger partial charge in [-0.15, -0.1) is 0 Å². The number of aromatic nitrogens is 2. The van der Waals surface area contributed by atoms with Gasteiger partial charge in [0.2, 0.25) is 0 Å². The van der Waals surface area contributed by atoms with Gasteiger partial charge in [0, 0.05) is 38.4 Å². The van der Waals surface area contributed by atoms with Crippen LogP contribution in [0.25, 0.3) is 0 Å². The first-order valence-corrected chi connectivity index (χ1v) is 6.54. The van der Waals surface area contributed by atoms with Gasteiger partial charge in [-0.25, -0.2) is 4.98 Å². The average molecular weight is 259 g/mol. The Balaban J connectivity index is 1.83. The highest BCUT2D eigenvalue weighted by Crippen LogP contribution is 2.17. The van der Waals surface area contributed by atoms with Crippen LogP contribution in [-0.4, -0.2) is 23.2 Å². The maximum absolute atomic E-state index is 5.16. The van der Waals surface area contributed by atoms with Crippen molar-refractivity contribution in [2.45, 2.75) is 19.4 Å². The number of aryl methyl sites for hydroxylation is 1.